The van der Waals surface area contributed by atoms with Crippen LogP contribution in [0.5, 0.6) is 5.75 Å². The van der Waals surface area contributed by atoms with Crippen molar-refractivity contribution in [3.8, 4) is 5.75 Å². The van der Waals surface area contributed by atoms with Gasteiger partial charge in [-0.05, 0) is 98.5 Å². The lowest BCUT2D eigenvalue weighted by Crippen LogP contribution is -2.34. The summed E-state index contributed by atoms with van der Waals surface area (Å²) in [7, 11) is -5.90. The van der Waals surface area contributed by atoms with E-state index < -0.39 is 55.8 Å². The van der Waals surface area contributed by atoms with E-state index in [-0.39, 0.29) is 11.1 Å². The van der Waals surface area contributed by atoms with Crippen molar-refractivity contribution in [1.29, 1.82) is 0 Å². The third kappa shape index (κ3) is 6.45. The highest BCUT2D eigenvalue weighted by Gasteiger charge is 2.46. The Morgan fingerprint density at radius 3 is 2.30 bits per heavy atom. The van der Waals surface area contributed by atoms with Gasteiger partial charge in [0.15, 0.2) is 6.61 Å². The number of hydrogen-bond acceptors (Lipinski definition) is 8. The number of halogens is 5. The van der Waals surface area contributed by atoms with Gasteiger partial charge in [-0.25, -0.2) is 9.59 Å². The molecule has 0 heterocycles. The van der Waals surface area contributed by atoms with E-state index in [9.17, 15) is 36.9 Å². The van der Waals surface area contributed by atoms with Crippen LogP contribution in [-0.4, -0.2) is 41.7 Å². The van der Waals surface area contributed by atoms with Crippen molar-refractivity contribution < 1.29 is 45.7 Å². The molecule has 10 nitrogen and oxygen atoms in total. The molecule has 0 aliphatic rings. The fourth-order valence-electron chi connectivity index (χ4n) is 2.30. The smallest absolute Gasteiger partial charge is 0.402 e. The summed E-state index contributed by atoms with van der Waals surface area (Å²) in [4.78, 5) is 35.6. The van der Waals surface area contributed by atoms with E-state index in [1.165, 1.54) is 13.0 Å². The van der Waals surface area contributed by atoms with Crippen LogP contribution in [0.25, 0.3) is 0 Å². The van der Waals surface area contributed by atoms with Crippen molar-refractivity contribution in [2.24, 2.45) is 0 Å². The van der Waals surface area contributed by atoms with Crippen LogP contribution in [0.4, 0.5) is 14.5 Å². The Kier molecular flexibility index (Phi) is 8.95. The first-order valence-corrected chi connectivity index (χ1v) is 12.9. The number of aryl methyl sites for hydroxylation is 1. The molecule has 0 aliphatic heterocycles. The molecule has 0 amide bonds. The van der Waals surface area contributed by atoms with Crippen LogP contribution in [0.2, 0.25) is 0 Å². The zero-order valence-electron chi connectivity index (χ0n) is 16.0. The molecule has 0 spiro atoms. The molecule has 0 bridgehead atoms. The maximum atomic E-state index is 13.4. The maximum Gasteiger partial charge on any atom is 0.402 e. The van der Waals surface area contributed by atoms with Gasteiger partial charge in [-0.15, -0.1) is 0 Å². The number of carbonyl (C=O) groups excluding carboxylic acids is 2. The van der Waals surface area contributed by atoms with Crippen LogP contribution >= 0.6 is 67.8 Å². The van der Waals surface area contributed by atoms with E-state index in [0.717, 1.165) is 15.7 Å². The van der Waals surface area contributed by atoms with Crippen molar-refractivity contribution in [2.45, 2.75) is 12.2 Å². The highest BCUT2D eigenvalue weighted by molar-refractivity contribution is 14.1. The second-order valence-corrected chi connectivity index (χ2v) is 11.2. The van der Waals surface area contributed by atoms with Crippen LogP contribution in [0.1, 0.15) is 26.3 Å². The topological polar surface area (TPSA) is 150 Å². The Morgan fingerprint density at radius 1 is 1.15 bits per heavy atom. The first-order valence-electron chi connectivity index (χ1n) is 8.23. The molecule has 0 unspecified atom stereocenters. The van der Waals surface area contributed by atoms with Gasteiger partial charge in [-0.2, -0.15) is 17.2 Å². The molecule has 2 rings (SSSR count). The van der Waals surface area contributed by atoms with E-state index in [1.807, 2.05) is 67.8 Å². The van der Waals surface area contributed by atoms with Gasteiger partial charge in [-0.1, -0.05) is 6.07 Å². The van der Waals surface area contributed by atoms with Crippen molar-refractivity contribution in [3.05, 3.63) is 61.8 Å². The Bertz CT molecular complexity index is 1270. The molecule has 0 aromatic heterocycles. The second kappa shape index (κ2) is 10.6. The van der Waals surface area contributed by atoms with Crippen molar-refractivity contribution in [3.63, 3.8) is 0 Å². The monoisotopic (exact) mass is 823 g/mol. The molecule has 2 aromatic rings. The number of alkyl halides is 2. The van der Waals surface area contributed by atoms with Crippen LogP contribution in [0, 0.1) is 27.7 Å². The number of carbonyl (C=O) groups is 2. The molecule has 16 heteroatoms. The summed E-state index contributed by atoms with van der Waals surface area (Å²) in [6, 6.07) is 5.30. The molecule has 0 atom stereocenters. The first-order chi connectivity index (χ1) is 15.1. The van der Waals surface area contributed by atoms with E-state index in [1.54, 1.807) is 6.07 Å². The molecule has 0 fully saturated rings. The molecule has 178 valence electrons. The lowest BCUT2D eigenvalue weighted by molar-refractivity contribution is -0.386. The SMILES string of the molecule is Cc1ccc(C(=O)OCC(F)(F)S(=O)(=O)O)c([N+](=O)[O-])c1OC(=O)c1cc(I)cc(I)c1I. The second-order valence-electron chi connectivity index (χ2n) is 6.19. The first kappa shape index (κ1) is 28.0. The predicted octanol–water partition coefficient (Wildman–Crippen LogP) is 4.57. The van der Waals surface area contributed by atoms with Crippen molar-refractivity contribution in [1.82, 2.24) is 0 Å². The van der Waals surface area contributed by atoms with Gasteiger partial charge >= 0.3 is 33.0 Å². The zero-order chi connectivity index (χ0) is 25.3. The fraction of sp³-hybridized carbons (Fsp3) is 0.176. The summed E-state index contributed by atoms with van der Waals surface area (Å²) >= 11 is 5.84. The Hall–Kier alpha value is -1.26. The average molecular weight is 823 g/mol. The molecular weight excluding hydrogens is 813 g/mol. The lowest BCUT2D eigenvalue weighted by atomic mass is 10.1. The van der Waals surface area contributed by atoms with Crippen LogP contribution in [-0.2, 0) is 14.9 Å². The number of rotatable bonds is 7. The molecule has 2 aromatic carbocycles. The average Bonchev–Trinajstić information content (AvgIpc) is 2.69. The van der Waals surface area contributed by atoms with Gasteiger partial charge in [0.1, 0.15) is 5.56 Å². The largest absolute Gasteiger partial charge is 0.454 e. The summed E-state index contributed by atoms with van der Waals surface area (Å²) in [5.41, 5.74) is -1.74. The molecule has 33 heavy (non-hydrogen) atoms. The number of hydrogen-bond donors (Lipinski definition) is 1. The minimum Gasteiger partial charge on any atom is -0.454 e. The summed E-state index contributed by atoms with van der Waals surface area (Å²) in [6.45, 7) is -0.745. The van der Waals surface area contributed by atoms with Crippen molar-refractivity contribution in [2.75, 3.05) is 6.61 Å². The van der Waals surface area contributed by atoms with Crippen LogP contribution < -0.4 is 4.74 Å². The normalized spacial score (nSPS) is 11.7. The molecule has 0 saturated heterocycles. The molecule has 0 saturated carbocycles. The summed E-state index contributed by atoms with van der Waals surface area (Å²) in [5, 5.41) is 6.83. The van der Waals surface area contributed by atoms with Crippen molar-refractivity contribution >= 4 is 95.5 Å². The molecule has 0 aliphatic carbocycles. The summed E-state index contributed by atoms with van der Waals surface area (Å²) in [5.74, 6) is -3.28. The predicted molar refractivity (Wildman–Crippen MR) is 134 cm³/mol. The number of esters is 2. The highest BCUT2D eigenvalue weighted by Crippen LogP contribution is 2.36. The fourth-order valence-corrected chi connectivity index (χ4v) is 4.88. The van der Waals surface area contributed by atoms with Crippen LogP contribution in [0.3, 0.4) is 0 Å². The Labute approximate surface area is 225 Å². The minimum atomic E-state index is -5.90. The summed E-state index contributed by atoms with van der Waals surface area (Å²) in [6.07, 6.45) is 0. The maximum absolute atomic E-state index is 13.4. The number of nitro benzene ring substituents is 1. The molecular formula is C17H10F2I3NO9S. The Morgan fingerprint density at radius 2 is 1.76 bits per heavy atom. The van der Waals surface area contributed by atoms with Gasteiger partial charge in [0, 0.05) is 10.7 Å². The highest BCUT2D eigenvalue weighted by atomic mass is 127. The van der Waals surface area contributed by atoms with Gasteiger partial charge in [-0.3, -0.25) is 14.7 Å². The third-order valence-corrected chi connectivity index (χ3v) is 8.43. The van der Waals surface area contributed by atoms with Gasteiger partial charge < -0.3 is 9.47 Å². The lowest BCUT2D eigenvalue weighted by Gasteiger charge is -2.14. The van der Waals surface area contributed by atoms with E-state index >= 15 is 0 Å². The van der Waals surface area contributed by atoms with E-state index in [4.69, 9.17) is 9.29 Å². The van der Waals surface area contributed by atoms with Gasteiger partial charge in [0.25, 0.3) is 0 Å². The third-order valence-electron chi connectivity index (χ3n) is 3.89. The molecule has 0 radical (unpaired) electrons. The number of benzene rings is 2. The Balaban J connectivity index is 2.48. The van der Waals surface area contributed by atoms with Gasteiger partial charge in [0.05, 0.1) is 10.5 Å². The molecule has 1 N–H and O–H groups in total. The zero-order valence-corrected chi connectivity index (χ0v) is 23.3. The summed E-state index contributed by atoms with van der Waals surface area (Å²) < 4.78 is 67.8. The minimum absolute atomic E-state index is 0.0743. The number of ether oxygens (including phenoxy) is 2. The van der Waals surface area contributed by atoms with Crippen LogP contribution in [0.15, 0.2) is 24.3 Å². The quantitative estimate of drug-likeness (QED) is 0.0807. The number of nitrogens with zero attached hydrogens (tertiary/aromatic N) is 1. The van der Waals surface area contributed by atoms with E-state index in [2.05, 4.69) is 4.74 Å². The number of nitro groups is 1. The van der Waals surface area contributed by atoms with Gasteiger partial charge in [0.2, 0.25) is 5.75 Å². The van der Waals surface area contributed by atoms with E-state index in [0.29, 0.717) is 7.14 Å². The standard InChI is InChI=1S/C17H10F2I3NO9S/c1-7-2-3-9(15(24)31-6-17(18,19)33(28,29)30)13(23(26)27)14(7)32-16(25)10-4-8(20)5-11(21)12(10)22/h2-5H,6H2,1H3,(H,28,29,30).